The molecule has 2 aliphatic rings. The van der Waals surface area contributed by atoms with Crippen molar-refractivity contribution in [1.82, 2.24) is 15.3 Å². The van der Waals surface area contributed by atoms with E-state index in [-0.39, 0.29) is 18.2 Å². The van der Waals surface area contributed by atoms with Crippen LogP contribution in [0, 0.1) is 0 Å². The van der Waals surface area contributed by atoms with E-state index in [1.807, 2.05) is 24.3 Å². The lowest BCUT2D eigenvalue weighted by Gasteiger charge is -2.17. The van der Waals surface area contributed by atoms with Gasteiger partial charge in [-0.3, -0.25) is 9.59 Å². The van der Waals surface area contributed by atoms with Gasteiger partial charge in [-0.25, -0.2) is 9.97 Å². The lowest BCUT2D eigenvalue weighted by atomic mass is 10.2. The third-order valence-corrected chi connectivity index (χ3v) is 5.78. The zero-order valence-electron chi connectivity index (χ0n) is 16.2. The number of hydrogen-bond donors (Lipinski definition) is 2. The van der Waals surface area contributed by atoms with Crippen molar-refractivity contribution in [2.24, 2.45) is 10.2 Å². The van der Waals surface area contributed by atoms with Gasteiger partial charge in [-0.05, 0) is 37.1 Å². The SMILES string of the molecule is O=C(CC1S/C(=N/N=C/c2cncnc2)NC1=O)Nc1ccc(N2CCCC2)cc1. The maximum atomic E-state index is 12.4. The smallest absolute Gasteiger partial charge is 0.240 e. The van der Waals surface area contributed by atoms with Crippen LogP contribution in [0.3, 0.4) is 0 Å². The fourth-order valence-corrected chi connectivity index (χ4v) is 4.15. The highest BCUT2D eigenvalue weighted by atomic mass is 32.2. The molecule has 3 heterocycles. The Morgan fingerprint density at radius 1 is 1.23 bits per heavy atom. The highest BCUT2D eigenvalue weighted by Crippen LogP contribution is 2.24. The van der Waals surface area contributed by atoms with E-state index in [4.69, 9.17) is 0 Å². The minimum absolute atomic E-state index is 0.0552. The molecular formula is C20H21N7O2S. The molecule has 2 saturated heterocycles. The number of amides is 2. The molecule has 4 rings (SSSR count). The van der Waals surface area contributed by atoms with Crippen LogP contribution in [0.2, 0.25) is 0 Å². The van der Waals surface area contributed by atoms with Crippen LogP contribution in [0.4, 0.5) is 11.4 Å². The first-order valence-corrected chi connectivity index (χ1v) is 10.5. The zero-order valence-corrected chi connectivity index (χ0v) is 17.0. The molecule has 0 spiro atoms. The van der Waals surface area contributed by atoms with Crippen LogP contribution in [0.15, 0.2) is 53.2 Å². The van der Waals surface area contributed by atoms with Crippen molar-refractivity contribution in [1.29, 1.82) is 0 Å². The highest BCUT2D eigenvalue weighted by molar-refractivity contribution is 8.15. The average molecular weight is 424 g/mol. The molecule has 1 aromatic carbocycles. The summed E-state index contributed by atoms with van der Waals surface area (Å²) in [4.78, 5) is 34.6. The Morgan fingerprint density at radius 2 is 1.97 bits per heavy atom. The molecule has 2 N–H and O–H groups in total. The summed E-state index contributed by atoms with van der Waals surface area (Å²) >= 11 is 1.19. The van der Waals surface area contributed by atoms with Crippen molar-refractivity contribution < 1.29 is 9.59 Å². The molecule has 10 heteroatoms. The molecule has 1 atom stereocenters. The van der Waals surface area contributed by atoms with Gasteiger partial charge in [0, 0.05) is 48.8 Å². The Labute approximate surface area is 178 Å². The Morgan fingerprint density at radius 3 is 2.70 bits per heavy atom. The first-order chi connectivity index (χ1) is 14.7. The van der Waals surface area contributed by atoms with E-state index < -0.39 is 5.25 Å². The summed E-state index contributed by atoms with van der Waals surface area (Å²) < 4.78 is 0. The zero-order chi connectivity index (χ0) is 20.8. The van der Waals surface area contributed by atoms with Gasteiger partial charge in [-0.2, -0.15) is 5.10 Å². The number of thioether (sulfide) groups is 1. The first-order valence-electron chi connectivity index (χ1n) is 9.66. The molecule has 1 unspecified atom stereocenters. The fraction of sp³-hybridized carbons (Fsp3) is 0.300. The molecule has 2 aromatic rings. The predicted octanol–water partition coefficient (Wildman–Crippen LogP) is 2.03. The number of anilines is 2. The molecule has 0 bridgehead atoms. The predicted molar refractivity (Wildman–Crippen MR) is 118 cm³/mol. The van der Waals surface area contributed by atoms with E-state index in [2.05, 4.69) is 35.7 Å². The Balaban J connectivity index is 1.28. The van der Waals surface area contributed by atoms with Crippen molar-refractivity contribution in [2.45, 2.75) is 24.5 Å². The van der Waals surface area contributed by atoms with Gasteiger partial charge in [0.15, 0.2) is 5.17 Å². The Hall–Kier alpha value is -3.27. The normalized spacial score (nSPS) is 20.1. The summed E-state index contributed by atoms with van der Waals surface area (Å²) in [5.41, 5.74) is 2.58. The van der Waals surface area contributed by atoms with Gasteiger partial charge in [0.1, 0.15) is 11.6 Å². The third kappa shape index (κ3) is 5.20. The second kappa shape index (κ2) is 9.49. The van der Waals surface area contributed by atoms with E-state index in [9.17, 15) is 9.59 Å². The molecule has 1 aromatic heterocycles. The molecule has 30 heavy (non-hydrogen) atoms. The van der Waals surface area contributed by atoms with E-state index in [0.717, 1.165) is 18.8 Å². The Kier molecular flexibility index (Phi) is 6.33. The summed E-state index contributed by atoms with van der Waals surface area (Å²) in [7, 11) is 0. The number of hydrogen-bond acceptors (Lipinski definition) is 8. The van der Waals surface area contributed by atoms with E-state index in [1.54, 1.807) is 12.4 Å². The summed E-state index contributed by atoms with van der Waals surface area (Å²) in [5.74, 6) is -0.473. The number of rotatable bonds is 6. The van der Waals surface area contributed by atoms with E-state index in [1.165, 1.54) is 42.8 Å². The summed E-state index contributed by atoms with van der Waals surface area (Å²) in [6, 6.07) is 7.81. The molecule has 2 fully saturated rings. The van der Waals surface area contributed by atoms with Gasteiger partial charge in [-0.15, -0.1) is 5.10 Å². The number of aromatic nitrogens is 2. The number of nitrogens with one attached hydrogen (secondary N) is 2. The highest BCUT2D eigenvalue weighted by Gasteiger charge is 2.32. The summed E-state index contributed by atoms with van der Waals surface area (Å²) in [5, 5.41) is 13.2. The molecule has 9 nitrogen and oxygen atoms in total. The number of nitrogens with zero attached hydrogens (tertiary/aromatic N) is 5. The summed E-state index contributed by atoms with van der Waals surface area (Å²) in [6.45, 7) is 2.15. The van der Waals surface area contributed by atoms with Gasteiger partial charge in [-0.1, -0.05) is 11.8 Å². The van der Waals surface area contributed by atoms with Crippen LogP contribution < -0.4 is 15.5 Å². The maximum Gasteiger partial charge on any atom is 0.240 e. The molecular weight excluding hydrogens is 402 g/mol. The molecule has 2 amide bonds. The lowest BCUT2D eigenvalue weighted by Crippen LogP contribution is -2.28. The van der Waals surface area contributed by atoms with Crippen LogP contribution in [0.1, 0.15) is 24.8 Å². The molecule has 0 radical (unpaired) electrons. The van der Waals surface area contributed by atoms with Crippen molar-refractivity contribution >= 4 is 46.3 Å². The van der Waals surface area contributed by atoms with Crippen LogP contribution in [-0.4, -0.2) is 51.5 Å². The van der Waals surface area contributed by atoms with Crippen LogP contribution in [0.5, 0.6) is 0 Å². The standard InChI is InChI=1S/C20H21N7O2S/c28-18(24-15-3-5-16(6-4-15)27-7-1-2-8-27)9-17-19(29)25-20(30-17)26-23-12-14-10-21-13-22-11-14/h3-6,10-13,17H,1-2,7-9H2,(H,24,28)(H,25,26,29)/b23-12+. The second-order valence-corrected chi connectivity index (χ2v) is 8.10. The van der Waals surface area contributed by atoms with Gasteiger partial charge in [0.05, 0.1) is 6.21 Å². The van der Waals surface area contributed by atoms with Crippen molar-refractivity contribution in [3.63, 3.8) is 0 Å². The number of carbonyl (C=O) groups is 2. The number of amidine groups is 1. The molecule has 2 aliphatic heterocycles. The molecule has 154 valence electrons. The van der Waals surface area contributed by atoms with E-state index >= 15 is 0 Å². The minimum atomic E-state index is -0.539. The van der Waals surface area contributed by atoms with Crippen molar-refractivity contribution in [2.75, 3.05) is 23.3 Å². The topological polar surface area (TPSA) is 112 Å². The largest absolute Gasteiger partial charge is 0.372 e. The fourth-order valence-electron chi connectivity index (χ4n) is 3.22. The Bertz CT molecular complexity index is 957. The molecule has 0 aliphatic carbocycles. The number of benzene rings is 1. The maximum absolute atomic E-state index is 12.4. The van der Waals surface area contributed by atoms with Crippen molar-refractivity contribution in [3.05, 3.63) is 48.5 Å². The monoisotopic (exact) mass is 423 g/mol. The third-order valence-electron chi connectivity index (χ3n) is 4.71. The quantitative estimate of drug-likeness (QED) is 0.543. The van der Waals surface area contributed by atoms with Crippen LogP contribution >= 0.6 is 11.8 Å². The van der Waals surface area contributed by atoms with Gasteiger partial charge in [0.2, 0.25) is 11.8 Å². The van der Waals surface area contributed by atoms with Crippen LogP contribution in [0.25, 0.3) is 0 Å². The first kappa shape index (κ1) is 20.0. The summed E-state index contributed by atoms with van der Waals surface area (Å²) in [6.07, 6.45) is 8.61. The van der Waals surface area contributed by atoms with Crippen molar-refractivity contribution in [3.8, 4) is 0 Å². The van der Waals surface area contributed by atoms with E-state index in [0.29, 0.717) is 10.7 Å². The number of carbonyl (C=O) groups excluding carboxylic acids is 2. The minimum Gasteiger partial charge on any atom is -0.372 e. The average Bonchev–Trinajstić information content (AvgIpc) is 3.40. The second-order valence-electron chi connectivity index (χ2n) is 6.91. The van der Waals surface area contributed by atoms with Gasteiger partial charge < -0.3 is 15.5 Å². The lowest BCUT2D eigenvalue weighted by molar-refractivity contribution is -0.122. The van der Waals surface area contributed by atoms with Gasteiger partial charge in [0.25, 0.3) is 0 Å². The van der Waals surface area contributed by atoms with Crippen LogP contribution in [-0.2, 0) is 9.59 Å². The van der Waals surface area contributed by atoms with Gasteiger partial charge >= 0.3 is 0 Å². The molecule has 0 saturated carbocycles.